The summed E-state index contributed by atoms with van der Waals surface area (Å²) in [4.78, 5) is 46.2. The van der Waals surface area contributed by atoms with Gasteiger partial charge in [-0.2, -0.15) is 0 Å². The van der Waals surface area contributed by atoms with Gasteiger partial charge in [0.15, 0.2) is 0 Å². The number of nitrogens with zero attached hydrogens (tertiary/aromatic N) is 1. The maximum Gasteiger partial charge on any atom is 0.315 e. The van der Waals surface area contributed by atoms with E-state index in [9.17, 15) is 19.2 Å². The van der Waals surface area contributed by atoms with Crippen LogP contribution in [-0.2, 0) is 19.2 Å². The molecule has 1 aliphatic rings. The number of carboxylic acids is 1. The summed E-state index contributed by atoms with van der Waals surface area (Å²) in [6.45, 7) is 2.64. The van der Waals surface area contributed by atoms with Gasteiger partial charge in [-0.05, 0) is 13.3 Å². The number of carbonyl (C=O) groups is 4. The first kappa shape index (κ1) is 13.1. The zero-order valence-corrected chi connectivity index (χ0v) is 9.60. The molecule has 0 aromatic carbocycles. The van der Waals surface area contributed by atoms with Crippen molar-refractivity contribution in [2.75, 3.05) is 6.54 Å². The standard InChI is InChI=1S/C10H14N2O5/c1-3-6-8(14)11-7(13)4-12(6)9(15)5(2)10(16)17/h5-6H,3-4H2,1-2H3,(H,16,17)(H,11,13,14). The Balaban J connectivity index is 2.92. The smallest absolute Gasteiger partial charge is 0.315 e. The Morgan fingerprint density at radius 3 is 2.59 bits per heavy atom. The van der Waals surface area contributed by atoms with Crippen molar-refractivity contribution in [3.8, 4) is 0 Å². The van der Waals surface area contributed by atoms with Crippen LogP contribution in [0.3, 0.4) is 0 Å². The third kappa shape index (κ3) is 2.61. The van der Waals surface area contributed by atoms with Gasteiger partial charge >= 0.3 is 5.97 Å². The van der Waals surface area contributed by atoms with E-state index in [1.54, 1.807) is 6.92 Å². The quantitative estimate of drug-likeness (QED) is 0.486. The maximum absolute atomic E-state index is 11.8. The summed E-state index contributed by atoms with van der Waals surface area (Å²) < 4.78 is 0. The Labute approximate surface area is 97.8 Å². The van der Waals surface area contributed by atoms with Crippen molar-refractivity contribution in [2.24, 2.45) is 5.92 Å². The topological polar surface area (TPSA) is 104 Å². The minimum absolute atomic E-state index is 0.277. The molecule has 94 valence electrons. The highest BCUT2D eigenvalue weighted by Gasteiger charge is 2.38. The first-order chi connectivity index (χ1) is 7.88. The van der Waals surface area contributed by atoms with Gasteiger partial charge in [-0.15, -0.1) is 0 Å². The third-order valence-corrected chi connectivity index (χ3v) is 2.67. The van der Waals surface area contributed by atoms with E-state index < -0.39 is 35.7 Å². The molecule has 3 amide bonds. The molecule has 1 rings (SSSR count). The molecule has 2 atom stereocenters. The number of hydrogen-bond acceptors (Lipinski definition) is 4. The zero-order valence-electron chi connectivity index (χ0n) is 9.60. The fourth-order valence-electron chi connectivity index (χ4n) is 1.66. The minimum Gasteiger partial charge on any atom is -0.481 e. The average Bonchev–Trinajstić information content (AvgIpc) is 2.25. The number of carboxylic acid groups (broad SMARTS) is 1. The first-order valence-electron chi connectivity index (χ1n) is 5.25. The van der Waals surface area contributed by atoms with Gasteiger partial charge in [-0.3, -0.25) is 24.5 Å². The van der Waals surface area contributed by atoms with Crippen LogP contribution in [0.15, 0.2) is 0 Å². The lowest BCUT2D eigenvalue weighted by Gasteiger charge is -2.34. The van der Waals surface area contributed by atoms with E-state index >= 15 is 0 Å². The van der Waals surface area contributed by atoms with Crippen LogP contribution in [0.5, 0.6) is 0 Å². The summed E-state index contributed by atoms with van der Waals surface area (Å²) in [6.07, 6.45) is 0.331. The van der Waals surface area contributed by atoms with Crippen molar-refractivity contribution < 1.29 is 24.3 Å². The number of imide groups is 1. The van der Waals surface area contributed by atoms with E-state index in [0.29, 0.717) is 6.42 Å². The van der Waals surface area contributed by atoms with Crippen LogP contribution < -0.4 is 5.32 Å². The summed E-state index contributed by atoms with van der Waals surface area (Å²) in [5.74, 6) is -4.40. The summed E-state index contributed by atoms with van der Waals surface area (Å²) in [6, 6.07) is -0.776. The number of aliphatic carboxylic acids is 1. The second kappa shape index (κ2) is 4.94. The highest BCUT2D eigenvalue weighted by atomic mass is 16.4. The van der Waals surface area contributed by atoms with Gasteiger partial charge in [-0.1, -0.05) is 6.92 Å². The van der Waals surface area contributed by atoms with Crippen molar-refractivity contribution in [1.29, 1.82) is 0 Å². The molecule has 1 fully saturated rings. The minimum atomic E-state index is -1.27. The average molecular weight is 242 g/mol. The summed E-state index contributed by atoms with van der Waals surface area (Å²) in [5, 5.41) is 10.9. The number of nitrogens with one attached hydrogen (secondary N) is 1. The Morgan fingerprint density at radius 2 is 2.12 bits per heavy atom. The highest BCUT2D eigenvalue weighted by molar-refractivity contribution is 6.06. The predicted octanol–water partition coefficient (Wildman–Crippen LogP) is -1.03. The van der Waals surface area contributed by atoms with Gasteiger partial charge < -0.3 is 10.0 Å². The molecule has 0 saturated carbocycles. The van der Waals surface area contributed by atoms with Gasteiger partial charge in [0.25, 0.3) is 0 Å². The number of amides is 3. The van der Waals surface area contributed by atoms with E-state index in [0.717, 1.165) is 4.90 Å². The van der Waals surface area contributed by atoms with E-state index in [2.05, 4.69) is 5.32 Å². The molecule has 1 heterocycles. The maximum atomic E-state index is 11.8. The zero-order chi connectivity index (χ0) is 13.2. The summed E-state index contributed by atoms with van der Waals surface area (Å²) in [5.41, 5.74) is 0. The number of hydrogen-bond donors (Lipinski definition) is 2. The van der Waals surface area contributed by atoms with E-state index in [4.69, 9.17) is 5.11 Å². The van der Waals surface area contributed by atoms with Gasteiger partial charge in [0.1, 0.15) is 18.5 Å². The summed E-state index contributed by atoms with van der Waals surface area (Å²) >= 11 is 0. The lowest BCUT2D eigenvalue weighted by molar-refractivity contribution is -0.158. The van der Waals surface area contributed by atoms with Crippen LogP contribution >= 0.6 is 0 Å². The second-order valence-corrected chi connectivity index (χ2v) is 3.86. The van der Waals surface area contributed by atoms with Crippen molar-refractivity contribution in [3.05, 3.63) is 0 Å². The summed E-state index contributed by atoms with van der Waals surface area (Å²) in [7, 11) is 0. The van der Waals surface area contributed by atoms with Crippen molar-refractivity contribution in [2.45, 2.75) is 26.3 Å². The molecule has 17 heavy (non-hydrogen) atoms. The molecule has 0 aromatic rings. The first-order valence-corrected chi connectivity index (χ1v) is 5.25. The third-order valence-electron chi connectivity index (χ3n) is 2.67. The van der Waals surface area contributed by atoms with Crippen LogP contribution in [0.4, 0.5) is 0 Å². The predicted molar refractivity (Wildman–Crippen MR) is 55.7 cm³/mol. The molecular weight excluding hydrogens is 228 g/mol. The molecule has 0 aromatic heterocycles. The second-order valence-electron chi connectivity index (χ2n) is 3.86. The Morgan fingerprint density at radius 1 is 1.53 bits per heavy atom. The van der Waals surface area contributed by atoms with Gasteiger partial charge in [-0.25, -0.2) is 0 Å². The molecule has 7 heteroatoms. The lowest BCUT2D eigenvalue weighted by atomic mass is 10.1. The number of carbonyl (C=O) groups excluding carboxylic acids is 3. The molecule has 0 bridgehead atoms. The number of rotatable bonds is 3. The Kier molecular flexibility index (Phi) is 3.82. The SMILES string of the molecule is CCC1C(=O)NC(=O)CN1C(=O)C(C)C(=O)O. The highest BCUT2D eigenvalue weighted by Crippen LogP contribution is 2.13. The fraction of sp³-hybridized carbons (Fsp3) is 0.600. The molecule has 2 N–H and O–H groups in total. The Hall–Kier alpha value is -1.92. The normalized spacial score (nSPS) is 22.0. The lowest BCUT2D eigenvalue weighted by Crippen LogP contribution is -2.60. The van der Waals surface area contributed by atoms with Crippen LogP contribution in [0.25, 0.3) is 0 Å². The van der Waals surface area contributed by atoms with E-state index in [1.165, 1.54) is 6.92 Å². The Bertz CT molecular complexity index is 379. The van der Waals surface area contributed by atoms with E-state index in [1.807, 2.05) is 0 Å². The molecule has 7 nitrogen and oxygen atoms in total. The molecule has 0 aliphatic carbocycles. The van der Waals surface area contributed by atoms with Crippen molar-refractivity contribution in [3.63, 3.8) is 0 Å². The van der Waals surface area contributed by atoms with Crippen LogP contribution in [-0.4, -0.2) is 46.3 Å². The molecule has 1 aliphatic heterocycles. The van der Waals surface area contributed by atoms with E-state index in [-0.39, 0.29) is 6.54 Å². The molecule has 0 radical (unpaired) electrons. The largest absolute Gasteiger partial charge is 0.481 e. The van der Waals surface area contributed by atoms with Crippen LogP contribution in [0.1, 0.15) is 20.3 Å². The molecular formula is C10H14N2O5. The fourth-order valence-corrected chi connectivity index (χ4v) is 1.66. The van der Waals surface area contributed by atoms with Crippen LogP contribution in [0, 0.1) is 5.92 Å². The number of piperazine rings is 1. The van der Waals surface area contributed by atoms with Crippen LogP contribution in [0.2, 0.25) is 0 Å². The van der Waals surface area contributed by atoms with Gasteiger partial charge in [0.2, 0.25) is 17.7 Å². The molecule has 2 unspecified atom stereocenters. The molecule has 1 saturated heterocycles. The molecule has 0 spiro atoms. The van der Waals surface area contributed by atoms with Crippen molar-refractivity contribution in [1.82, 2.24) is 10.2 Å². The van der Waals surface area contributed by atoms with Crippen molar-refractivity contribution >= 4 is 23.7 Å². The monoisotopic (exact) mass is 242 g/mol. The van der Waals surface area contributed by atoms with Gasteiger partial charge in [0, 0.05) is 0 Å². The van der Waals surface area contributed by atoms with Gasteiger partial charge in [0.05, 0.1) is 0 Å².